The molecule has 2 aliphatic rings. The second-order valence-corrected chi connectivity index (χ2v) is 13.6. The number of hydrogen-bond acceptors (Lipinski definition) is 5. The van der Waals surface area contributed by atoms with Crippen molar-refractivity contribution in [1.82, 2.24) is 15.1 Å². The van der Waals surface area contributed by atoms with Gasteiger partial charge in [0.05, 0.1) is 18.5 Å². The van der Waals surface area contributed by atoms with Crippen molar-refractivity contribution >= 4 is 17.6 Å². The van der Waals surface area contributed by atoms with Crippen LogP contribution >= 0.6 is 0 Å². The number of hydrogen-bond donors (Lipinski definition) is 3. The van der Waals surface area contributed by atoms with Crippen LogP contribution in [0.1, 0.15) is 109 Å². The predicted octanol–water partition coefficient (Wildman–Crippen LogP) is 8.20. The average molecular weight is 662 g/mol. The molecule has 1 aliphatic heterocycles. The van der Waals surface area contributed by atoms with Crippen molar-refractivity contribution in [3.05, 3.63) is 65.7 Å². The Kier molecular flexibility index (Phi) is 13.6. The predicted molar refractivity (Wildman–Crippen MR) is 189 cm³/mol. The number of amidine groups is 2. The fraction of sp³-hybridized carbons (Fsp3) is 0.564. The fourth-order valence-corrected chi connectivity index (χ4v) is 7.24. The second-order valence-electron chi connectivity index (χ2n) is 13.6. The number of halogens is 2. The number of carbonyl (C=O) groups is 1. The van der Waals surface area contributed by atoms with Gasteiger partial charge in [0.15, 0.2) is 0 Å². The molecule has 1 heterocycles. The lowest BCUT2D eigenvalue weighted by Gasteiger charge is -2.36. The molecule has 48 heavy (non-hydrogen) atoms. The fourth-order valence-electron chi connectivity index (χ4n) is 7.24. The van der Waals surface area contributed by atoms with Gasteiger partial charge in [-0.3, -0.25) is 20.5 Å². The lowest BCUT2D eigenvalue weighted by atomic mass is 9.86. The molecule has 1 saturated carbocycles. The van der Waals surface area contributed by atoms with Crippen LogP contribution in [0.15, 0.2) is 54.6 Å². The van der Waals surface area contributed by atoms with Gasteiger partial charge in [0, 0.05) is 55.4 Å². The first-order valence-electron chi connectivity index (χ1n) is 17.6. The van der Waals surface area contributed by atoms with Gasteiger partial charge in [0.1, 0.15) is 11.6 Å². The third-order valence-corrected chi connectivity index (χ3v) is 10.0. The highest BCUT2D eigenvalue weighted by atomic mass is 19.3. The summed E-state index contributed by atoms with van der Waals surface area (Å²) in [5, 5.41) is 20.8. The van der Waals surface area contributed by atoms with Crippen molar-refractivity contribution < 1.29 is 18.3 Å². The number of alkyl halides is 2. The van der Waals surface area contributed by atoms with E-state index in [1.54, 1.807) is 11.8 Å². The minimum Gasteiger partial charge on any atom is -0.494 e. The van der Waals surface area contributed by atoms with Gasteiger partial charge in [-0.1, -0.05) is 30.3 Å². The topological polar surface area (TPSA) is 92.5 Å². The zero-order valence-electron chi connectivity index (χ0n) is 28.8. The van der Waals surface area contributed by atoms with Crippen LogP contribution in [0.4, 0.5) is 8.78 Å². The Morgan fingerprint density at radius 2 is 1.77 bits per heavy atom. The van der Waals surface area contributed by atoms with E-state index in [0.29, 0.717) is 30.7 Å². The number of amides is 1. The highest BCUT2D eigenvalue weighted by Gasteiger charge is 2.38. The maximum absolute atomic E-state index is 13.8. The molecule has 3 N–H and O–H groups in total. The minimum atomic E-state index is -2.67. The Balaban J connectivity index is 1.37. The second kappa shape index (κ2) is 17.6. The van der Waals surface area contributed by atoms with Gasteiger partial charge in [0.25, 0.3) is 0 Å². The zero-order chi connectivity index (χ0) is 34.7. The summed E-state index contributed by atoms with van der Waals surface area (Å²) in [5.74, 6) is 0.831. The highest BCUT2D eigenvalue weighted by Crippen LogP contribution is 2.37. The lowest BCUT2D eigenvalue weighted by Crippen LogP contribution is -2.46. The van der Waals surface area contributed by atoms with Crippen LogP contribution in [0.25, 0.3) is 0 Å². The number of benzene rings is 2. The molecule has 4 unspecified atom stereocenters. The first-order chi connectivity index (χ1) is 23.0. The van der Waals surface area contributed by atoms with Crippen LogP contribution in [-0.4, -0.2) is 64.6 Å². The Morgan fingerprint density at radius 1 is 1.08 bits per heavy atom. The number of ether oxygens (including phenoxy) is 1. The van der Waals surface area contributed by atoms with E-state index in [2.05, 4.69) is 30.0 Å². The number of terminal acetylenes is 1. The summed E-state index contributed by atoms with van der Waals surface area (Å²) >= 11 is 0. The van der Waals surface area contributed by atoms with Gasteiger partial charge in [-0.05, 0) is 102 Å². The molecule has 9 heteroatoms. The number of likely N-dealkylation sites (tertiary alicyclic amines) is 1. The maximum Gasteiger partial charge on any atom is 0.248 e. The summed E-state index contributed by atoms with van der Waals surface area (Å²) in [6.45, 7) is 7.42. The number of nitrogens with one attached hydrogen (secondary N) is 3. The molecule has 4 rings (SSSR count). The molecule has 1 amide bonds. The summed E-state index contributed by atoms with van der Waals surface area (Å²) < 4.78 is 33.3. The van der Waals surface area contributed by atoms with Gasteiger partial charge in [-0.25, -0.2) is 8.78 Å². The number of rotatable bonds is 15. The van der Waals surface area contributed by atoms with E-state index in [1.165, 1.54) is 0 Å². The van der Waals surface area contributed by atoms with Crippen LogP contribution in [0, 0.1) is 29.1 Å². The van der Waals surface area contributed by atoms with E-state index in [4.69, 9.17) is 22.0 Å². The van der Waals surface area contributed by atoms with E-state index in [1.807, 2.05) is 54.6 Å². The molecule has 7 nitrogen and oxygen atoms in total. The van der Waals surface area contributed by atoms with Crippen molar-refractivity contribution in [3.63, 3.8) is 0 Å². The van der Waals surface area contributed by atoms with Gasteiger partial charge < -0.3 is 15.0 Å². The van der Waals surface area contributed by atoms with Crippen molar-refractivity contribution in [2.75, 3.05) is 13.2 Å². The molecule has 4 atom stereocenters. The van der Waals surface area contributed by atoms with E-state index in [-0.39, 0.29) is 55.6 Å². The first-order valence-corrected chi connectivity index (χ1v) is 17.6. The molecule has 2 aromatic rings. The average Bonchev–Trinajstić information content (AvgIpc) is 3.41. The molecule has 0 spiro atoms. The van der Waals surface area contributed by atoms with Crippen molar-refractivity contribution in [1.29, 1.82) is 10.8 Å². The largest absolute Gasteiger partial charge is 0.494 e. The number of carbonyl (C=O) groups excluding carboxylic acids is 1. The summed E-state index contributed by atoms with van der Waals surface area (Å²) in [4.78, 5) is 17.6. The summed E-state index contributed by atoms with van der Waals surface area (Å²) in [6, 6.07) is 17.8. The van der Waals surface area contributed by atoms with Crippen molar-refractivity contribution in [2.24, 2.45) is 5.92 Å². The first kappa shape index (κ1) is 37.1. The Bertz CT molecular complexity index is 1380. The van der Waals surface area contributed by atoms with Crippen molar-refractivity contribution in [3.8, 4) is 18.1 Å². The van der Waals surface area contributed by atoms with Gasteiger partial charge in [0.2, 0.25) is 11.8 Å². The van der Waals surface area contributed by atoms with E-state index in [0.717, 1.165) is 61.9 Å². The lowest BCUT2D eigenvalue weighted by molar-refractivity contribution is -0.130. The molecule has 1 saturated heterocycles. The third-order valence-electron chi connectivity index (χ3n) is 10.0. The molecule has 0 bridgehead atoms. The summed E-state index contributed by atoms with van der Waals surface area (Å²) in [5.41, 5.74) is 1.75. The molecular formula is C39H53F2N5O2. The van der Waals surface area contributed by atoms with Crippen LogP contribution in [-0.2, 0) is 4.79 Å². The van der Waals surface area contributed by atoms with Gasteiger partial charge in [-0.2, -0.15) is 0 Å². The quantitative estimate of drug-likeness (QED) is 0.0777. The normalized spacial score (nSPS) is 20.8. The number of unbranched alkanes of at least 4 members (excludes halogenated alkanes) is 2. The molecule has 0 radical (unpaired) electrons. The maximum atomic E-state index is 13.8. The third kappa shape index (κ3) is 10.4. The molecule has 0 aromatic heterocycles. The van der Waals surface area contributed by atoms with Gasteiger partial charge >= 0.3 is 0 Å². The van der Waals surface area contributed by atoms with E-state index in [9.17, 15) is 13.6 Å². The number of nitrogens with zero attached hydrogens (tertiary/aromatic N) is 2. The summed E-state index contributed by atoms with van der Waals surface area (Å²) in [6.07, 6.45) is 11.4. The van der Waals surface area contributed by atoms with Crippen molar-refractivity contribution in [2.45, 2.75) is 121 Å². The molecule has 2 fully saturated rings. The van der Waals surface area contributed by atoms with Crippen LogP contribution in [0.5, 0.6) is 5.75 Å². The molecule has 1 aliphatic carbocycles. The zero-order valence-corrected chi connectivity index (χ0v) is 28.8. The SMILES string of the molecule is C#CCCCCOc1ccc(C(=N)N(C(C)=N)C(C)CC2CCC(C)N2CCC(NC(=O)C2CCC(F)(F)CC2)c2ccccc2)cc1. The Hall–Kier alpha value is -3.77. The minimum absolute atomic E-state index is 0.0751. The standard InChI is InChI=1S/C39H53F2N5O2/c1-5-6-7-11-26-48-35-18-15-32(16-19-35)37(43)46(30(4)42)29(3)27-34-17-14-28(2)45(34)25-22-36(31-12-9-8-10-13-31)44-38(47)33-20-23-39(40,41)24-21-33/h1,8-10,12-13,15-16,18-19,28-29,33-34,36,42-43H,6-7,11,14,17,20-27H2,2-4H3,(H,44,47). The monoisotopic (exact) mass is 661 g/mol. The van der Waals surface area contributed by atoms with E-state index < -0.39 is 5.92 Å². The van der Waals surface area contributed by atoms with E-state index >= 15 is 0 Å². The highest BCUT2D eigenvalue weighted by molar-refractivity contribution is 6.06. The van der Waals surface area contributed by atoms with Crippen LogP contribution < -0.4 is 10.1 Å². The summed E-state index contributed by atoms with van der Waals surface area (Å²) in [7, 11) is 0. The van der Waals surface area contributed by atoms with Crippen LogP contribution in [0.2, 0.25) is 0 Å². The van der Waals surface area contributed by atoms with Crippen LogP contribution in [0.3, 0.4) is 0 Å². The smallest absolute Gasteiger partial charge is 0.248 e. The molecular weight excluding hydrogens is 608 g/mol. The Labute approximate surface area is 285 Å². The molecule has 260 valence electrons. The Morgan fingerprint density at radius 3 is 2.42 bits per heavy atom. The molecule has 2 aromatic carbocycles. The van der Waals surface area contributed by atoms with Gasteiger partial charge in [-0.15, -0.1) is 12.3 Å².